The molecule has 7 heteroatoms. The van der Waals surface area contributed by atoms with Gasteiger partial charge in [0.1, 0.15) is 16.8 Å². The Morgan fingerprint density at radius 3 is 2.19 bits per heavy atom. The van der Waals surface area contributed by atoms with Crippen molar-refractivity contribution in [2.75, 3.05) is 0 Å². The molecule has 0 aliphatic carbocycles. The minimum atomic E-state index is -0.773. The van der Waals surface area contributed by atoms with Crippen molar-refractivity contribution in [3.63, 3.8) is 0 Å². The summed E-state index contributed by atoms with van der Waals surface area (Å²) in [6, 6.07) is 15.6. The van der Waals surface area contributed by atoms with Crippen LogP contribution in [0.3, 0.4) is 0 Å². The van der Waals surface area contributed by atoms with Gasteiger partial charge in [-0.15, -0.1) is 0 Å². The third-order valence-corrected chi connectivity index (χ3v) is 6.54. The first-order valence-electron chi connectivity index (χ1n) is 12.8. The number of β-lactam (4-membered cyclic amide) rings is 1. The van der Waals surface area contributed by atoms with E-state index in [1.54, 1.807) is 24.3 Å². The molecule has 0 radical (unpaired) electrons. The number of amides is 3. The maximum atomic E-state index is 13.4. The first-order chi connectivity index (χ1) is 17.1. The van der Waals surface area contributed by atoms with Crippen LogP contribution in [-0.4, -0.2) is 34.6 Å². The van der Waals surface area contributed by atoms with Crippen LogP contribution in [0.1, 0.15) is 89.2 Å². The summed E-state index contributed by atoms with van der Waals surface area (Å²) >= 11 is 0. The van der Waals surface area contributed by atoms with Crippen LogP contribution in [0.5, 0.6) is 5.75 Å². The molecule has 0 saturated carbocycles. The molecule has 7 nitrogen and oxygen atoms in total. The first kappa shape index (κ1) is 27.2. The van der Waals surface area contributed by atoms with Gasteiger partial charge in [-0.25, -0.2) is 14.5 Å². The van der Waals surface area contributed by atoms with Crippen LogP contribution in [0.25, 0.3) is 0 Å². The normalized spacial score (nSPS) is 20.3. The lowest BCUT2D eigenvalue weighted by Gasteiger charge is -2.53. The highest BCUT2D eigenvalue weighted by Crippen LogP contribution is 2.47. The third kappa shape index (κ3) is 5.72. The highest BCUT2D eigenvalue weighted by atomic mass is 16.6. The zero-order chi connectivity index (χ0) is 26.5. The van der Waals surface area contributed by atoms with Crippen LogP contribution >= 0.6 is 0 Å². The summed E-state index contributed by atoms with van der Waals surface area (Å²) in [5.74, 6) is -0.168. The Hall–Kier alpha value is -3.35. The Morgan fingerprint density at radius 1 is 1.03 bits per heavy atom. The number of hydrogen-bond acceptors (Lipinski definition) is 5. The van der Waals surface area contributed by atoms with E-state index in [0.717, 1.165) is 12.0 Å². The molecule has 0 aromatic heterocycles. The van der Waals surface area contributed by atoms with Gasteiger partial charge in [-0.05, 0) is 69.9 Å². The molecule has 1 aliphatic heterocycles. The number of carbonyl (C=O) groups is 3. The SMILES string of the molecule is CCC[C@]1(CC)C(=O)N(C(=O)N[C@H](CC)c2ccccc2)[C@H]1Oc1ccc(C(=O)OC(C)(C)C)cc1. The fraction of sp³-hybridized carbons (Fsp3) is 0.483. The third-order valence-electron chi connectivity index (χ3n) is 6.54. The molecule has 3 atom stereocenters. The second kappa shape index (κ2) is 11.1. The maximum absolute atomic E-state index is 13.4. The summed E-state index contributed by atoms with van der Waals surface area (Å²) in [4.78, 5) is 40.2. The van der Waals surface area contributed by atoms with Gasteiger partial charge in [-0.3, -0.25) is 4.79 Å². The number of benzene rings is 2. The Kier molecular flexibility index (Phi) is 8.43. The lowest BCUT2D eigenvalue weighted by molar-refractivity contribution is -0.191. The van der Waals surface area contributed by atoms with Crippen molar-refractivity contribution >= 4 is 17.9 Å². The molecule has 0 unspecified atom stereocenters. The van der Waals surface area contributed by atoms with Crippen molar-refractivity contribution in [1.29, 1.82) is 0 Å². The zero-order valence-electron chi connectivity index (χ0n) is 22.2. The molecule has 1 fully saturated rings. The molecule has 3 rings (SSSR count). The molecule has 194 valence electrons. The van der Waals surface area contributed by atoms with Gasteiger partial charge >= 0.3 is 12.0 Å². The van der Waals surface area contributed by atoms with E-state index in [4.69, 9.17) is 9.47 Å². The van der Waals surface area contributed by atoms with Gasteiger partial charge in [0.15, 0.2) is 6.23 Å². The molecule has 1 saturated heterocycles. The van der Waals surface area contributed by atoms with Gasteiger partial charge in [0.05, 0.1) is 11.6 Å². The van der Waals surface area contributed by atoms with E-state index >= 15 is 0 Å². The van der Waals surface area contributed by atoms with E-state index in [2.05, 4.69) is 5.32 Å². The smallest absolute Gasteiger partial charge is 0.338 e. The Labute approximate surface area is 214 Å². The van der Waals surface area contributed by atoms with Crippen LogP contribution < -0.4 is 10.1 Å². The van der Waals surface area contributed by atoms with Crippen molar-refractivity contribution < 1.29 is 23.9 Å². The number of nitrogens with one attached hydrogen (secondary N) is 1. The van der Waals surface area contributed by atoms with Crippen LogP contribution in [0.2, 0.25) is 0 Å². The van der Waals surface area contributed by atoms with E-state index < -0.39 is 29.2 Å². The summed E-state index contributed by atoms with van der Waals surface area (Å²) in [5.41, 5.74) is 0.0145. The summed E-state index contributed by atoms with van der Waals surface area (Å²) in [5, 5.41) is 3.01. The monoisotopic (exact) mass is 494 g/mol. The summed E-state index contributed by atoms with van der Waals surface area (Å²) in [6.45, 7) is 11.4. The van der Waals surface area contributed by atoms with Gasteiger partial charge in [-0.1, -0.05) is 57.5 Å². The minimum absolute atomic E-state index is 0.219. The van der Waals surface area contributed by atoms with Gasteiger partial charge in [0.2, 0.25) is 5.91 Å². The number of hydrogen-bond donors (Lipinski definition) is 1. The van der Waals surface area contributed by atoms with Crippen LogP contribution in [0.15, 0.2) is 54.6 Å². The molecule has 36 heavy (non-hydrogen) atoms. The van der Waals surface area contributed by atoms with E-state index in [-0.39, 0.29) is 11.9 Å². The largest absolute Gasteiger partial charge is 0.469 e. The number of rotatable bonds is 9. The van der Waals surface area contributed by atoms with Gasteiger partial charge in [0.25, 0.3) is 0 Å². The van der Waals surface area contributed by atoms with Gasteiger partial charge in [-0.2, -0.15) is 0 Å². The number of esters is 1. The van der Waals surface area contributed by atoms with Crippen LogP contribution in [0.4, 0.5) is 4.79 Å². The zero-order valence-corrected chi connectivity index (χ0v) is 22.2. The minimum Gasteiger partial charge on any atom is -0.469 e. The molecule has 2 aromatic rings. The standard InChI is InChI=1S/C29H38N2O5/c1-7-19-29(9-3)25(33)31(27(34)30-23(8-2)20-13-11-10-12-14-20)26(29)35-22-17-15-21(16-18-22)24(32)36-28(4,5)6/h10-18,23,26H,7-9,19H2,1-6H3,(H,30,34)/t23-,26+,29-/m1/s1. The molecule has 1 N–H and O–H groups in total. The molecule has 1 heterocycles. The van der Waals surface area contributed by atoms with E-state index in [1.807, 2.05) is 71.9 Å². The molecular weight excluding hydrogens is 456 g/mol. The maximum Gasteiger partial charge on any atom is 0.338 e. The second-order valence-electron chi connectivity index (χ2n) is 10.3. The Balaban J connectivity index is 1.81. The first-order valence-corrected chi connectivity index (χ1v) is 12.8. The average molecular weight is 495 g/mol. The highest BCUT2D eigenvalue weighted by Gasteiger charge is 2.63. The fourth-order valence-electron chi connectivity index (χ4n) is 4.64. The predicted octanol–water partition coefficient (Wildman–Crippen LogP) is 6.25. The van der Waals surface area contributed by atoms with Crippen LogP contribution in [-0.2, 0) is 9.53 Å². The van der Waals surface area contributed by atoms with Crippen LogP contribution in [0, 0.1) is 5.41 Å². The molecule has 3 amide bonds. The lowest BCUT2D eigenvalue weighted by atomic mass is 9.70. The second-order valence-corrected chi connectivity index (χ2v) is 10.3. The van der Waals surface area contributed by atoms with E-state index in [9.17, 15) is 14.4 Å². The number of urea groups is 1. The van der Waals surface area contributed by atoms with E-state index in [1.165, 1.54) is 4.90 Å². The predicted molar refractivity (Wildman–Crippen MR) is 139 cm³/mol. The number of ether oxygens (including phenoxy) is 2. The fourth-order valence-corrected chi connectivity index (χ4v) is 4.64. The molecule has 2 aromatic carbocycles. The topological polar surface area (TPSA) is 84.9 Å². The summed E-state index contributed by atoms with van der Waals surface area (Å²) in [6.07, 6.45) is 1.90. The van der Waals surface area contributed by atoms with Crippen molar-refractivity contribution in [1.82, 2.24) is 10.2 Å². The molecular formula is C29H38N2O5. The quantitative estimate of drug-likeness (QED) is 0.329. The van der Waals surface area contributed by atoms with Crippen molar-refractivity contribution in [3.05, 3.63) is 65.7 Å². The molecule has 0 spiro atoms. The number of likely N-dealkylation sites (tertiary alicyclic amines) is 1. The van der Waals surface area contributed by atoms with Crippen molar-refractivity contribution in [3.8, 4) is 5.75 Å². The summed E-state index contributed by atoms with van der Waals surface area (Å²) < 4.78 is 11.7. The average Bonchev–Trinajstić information content (AvgIpc) is 2.85. The lowest BCUT2D eigenvalue weighted by Crippen LogP contribution is -2.73. The van der Waals surface area contributed by atoms with E-state index in [0.29, 0.717) is 30.6 Å². The number of carbonyl (C=O) groups excluding carboxylic acids is 3. The van der Waals surface area contributed by atoms with Crippen molar-refractivity contribution in [2.24, 2.45) is 5.41 Å². The summed E-state index contributed by atoms with van der Waals surface area (Å²) in [7, 11) is 0. The Morgan fingerprint density at radius 2 is 1.67 bits per heavy atom. The highest BCUT2D eigenvalue weighted by molar-refractivity contribution is 6.03. The Bertz CT molecular complexity index is 1060. The van der Waals surface area contributed by atoms with Gasteiger partial charge in [0, 0.05) is 0 Å². The number of imide groups is 1. The number of nitrogens with zero attached hydrogens (tertiary/aromatic N) is 1. The molecule has 1 aliphatic rings. The molecule has 0 bridgehead atoms. The van der Waals surface area contributed by atoms with Gasteiger partial charge < -0.3 is 14.8 Å². The van der Waals surface area contributed by atoms with Crippen molar-refractivity contribution in [2.45, 2.75) is 85.1 Å².